The van der Waals surface area contributed by atoms with Gasteiger partial charge in [-0.3, -0.25) is 4.79 Å². The van der Waals surface area contributed by atoms with Crippen molar-refractivity contribution in [2.75, 3.05) is 19.6 Å². The minimum atomic E-state index is -0.140. The van der Waals surface area contributed by atoms with Gasteiger partial charge in [-0.2, -0.15) is 0 Å². The van der Waals surface area contributed by atoms with E-state index in [1.807, 2.05) is 29.8 Å². The first kappa shape index (κ1) is 15.7. The Morgan fingerprint density at radius 3 is 2.78 bits per heavy atom. The normalized spacial score (nSPS) is 15.5. The van der Waals surface area contributed by atoms with Crippen molar-refractivity contribution < 1.29 is 4.79 Å². The Kier molecular flexibility index (Phi) is 5.02. The van der Waals surface area contributed by atoms with Crippen LogP contribution >= 0.6 is 0 Å². The molecule has 0 spiro atoms. The Balaban J connectivity index is 1.58. The van der Waals surface area contributed by atoms with Crippen molar-refractivity contribution >= 4 is 5.91 Å². The number of piperidine rings is 1. The van der Waals surface area contributed by atoms with Crippen LogP contribution in [0.4, 0.5) is 0 Å². The van der Waals surface area contributed by atoms with Crippen molar-refractivity contribution in [1.82, 2.24) is 25.6 Å². The summed E-state index contributed by atoms with van der Waals surface area (Å²) < 4.78 is 1.91. The maximum atomic E-state index is 12.3. The van der Waals surface area contributed by atoms with E-state index >= 15 is 0 Å². The molecule has 1 saturated heterocycles. The van der Waals surface area contributed by atoms with Gasteiger partial charge in [0, 0.05) is 6.54 Å². The lowest BCUT2D eigenvalue weighted by Gasteiger charge is -2.23. The maximum absolute atomic E-state index is 12.3. The van der Waals surface area contributed by atoms with E-state index in [1.54, 1.807) is 0 Å². The predicted octanol–water partition coefficient (Wildman–Crippen LogP) is 1.48. The molecule has 0 bridgehead atoms. The molecule has 0 aliphatic carbocycles. The Morgan fingerprint density at radius 2 is 2.04 bits per heavy atom. The average molecular weight is 313 g/mol. The lowest BCUT2D eigenvalue weighted by atomic mass is 10.1. The second-order valence-corrected chi connectivity index (χ2v) is 5.94. The molecule has 6 nitrogen and oxygen atoms in total. The zero-order valence-electron chi connectivity index (χ0n) is 13.5. The summed E-state index contributed by atoms with van der Waals surface area (Å²) in [5, 5.41) is 14.6. The number of nitrogens with zero attached hydrogens (tertiary/aromatic N) is 3. The monoisotopic (exact) mass is 313 g/mol. The fourth-order valence-corrected chi connectivity index (χ4v) is 3.00. The summed E-state index contributed by atoms with van der Waals surface area (Å²) in [5.74, 6) is -0.140. The van der Waals surface area contributed by atoms with Gasteiger partial charge in [-0.25, -0.2) is 4.68 Å². The smallest absolute Gasteiger partial charge is 0.273 e. The molecule has 0 atom stereocenters. The lowest BCUT2D eigenvalue weighted by molar-refractivity contribution is 0.0948. The fourth-order valence-electron chi connectivity index (χ4n) is 3.00. The summed E-state index contributed by atoms with van der Waals surface area (Å²) >= 11 is 0. The predicted molar refractivity (Wildman–Crippen MR) is 88.4 cm³/mol. The Hall–Kier alpha value is -2.21. The number of aromatic nitrogens is 3. The molecule has 0 radical (unpaired) electrons. The molecule has 2 N–H and O–H groups in total. The average Bonchev–Trinajstić information content (AvgIpc) is 2.98. The molecular formula is C17H23N5O. The highest BCUT2D eigenvalue weighted by Gasteiger charge is 2.22. The van der Waals surface area contributed by atoms with E-state index in [9.17, 15) is 4.79 Å². The van der Waals surface area contributed by atoms with Crippen LogP contribution in [-0.4, -0.2) is 40.5 Å². The summed E-state index contributed by atoms with van der Waals surface area (Å²) in [7, 11) is 0. The summed E-state index contributed by atoms with van der Waals surface area (Å²) in [6.07, 6.45) is 2.87. The second-order valence-electron chi connectivity index (χ2n) is 5.94. The molecule has 6 heteroatoms. The minimum Gasteiger partial charge on any atom is -0.350 e. The van der Waals surface area contributed by atoms with Crippen LogP contribution in [0.2, 0.25) is 0 Å². The minimum absolute atomic E-state index is 0.140. The molecule has 2 aromatic rings. The molecule has 3 rings (SSSR count). The van der Waals surface area contributed by atoms with Crippen LogP contribution in [0, 0.1) is 6.92 Å². The van der Waals surface area contributed by atoms with Crippen molar-refractivity contribution in [3.8, 4) is 0 Å². The van der Waals surface area contributed by atoms with Crippen LogP contribution in [0.1, 0.15) is 40.6 Å². The number of amides is 1. The van der Waals surface area contributed by atoms with E-state index in [0.717, 1.165) is 38.0 Å². The van der Waals surface area contributed by atoms with E-state index in [4.69, 9.17) is 0 Å². The number of nitrogens with one attached hydrogen (secondary N) is 2. The number of benzene rings is 1. The van der Waals surface area contributed by atoms with Gasteiger partial charge in [-0.15, -0.1) is 5.10 Å². The maximum Gasteiger partial charge on any atom is 0.273 e. The second kappa shape index (κ2) is 7.37. The Bertz CT molecular complexity index is 646. The molecule has 1 amide bonds. The third kappa shape index (κ3) is 3.76. The number of hydrogen-bond acceptors (Lipinski definition) is 4. The number of rotatable bonds is 5. The fraction of sp³-hybridized carbons (Fsp3) is 0.471. The summed E-state index contributed by atoms with van der Waals surface area (Å²) in [6.45, 7) is 4.50. The van der Waals surface area contributed by atoms with Gasteiger partial charge >= 0.3 is 0 Å². The number of hydrogen-bond donors (Lipinski definition) is 2. The molecule has 1 aliphatic rings. The van der Waals surface area contributed by atoms with Gasteiger partial charge in [0.25, 0.3) is 5.91 Å². The van der Waals surface area contributed by atoms with Crippen LogP contribution in [0.3, 0.4) is 0 Å². The zero-order chi connectivity index (χ0) is 16.1. The molecular weight excluding hydrogens is 290 g/mol. The van der Waals surface area contributed by atoms with Crippen LogP contribution in [0.15, 0.2) is 30.3 Å². The zero-order valence-corrected chi connectivity index (χ0v) is 13.5. The largest absolute Gasteiger partial charge is 0.350 e. The van der Waals surface area contributed by atoms with E-state index in [1.165, 1.54) is 5.56 Å². The first-order chi connectivity index (χ1) is 11.3. The standard InChI is InChI=1S/C17H23N5O/c1-13-16(20-21-22(13)15-8-10-18-11-9-15)17(23)19-12-7-14-5-3-2-4-6-14/h2-6,15,18H,7-12H2,1H3,(H,19,23). The van der Waals surface area contributed by atoms with Gasteiger partial charge in [0.2, 0.25) is 0 Å². The summed E-state index contributed by atoms with van der Waals surface area (Å²) in [5.41, 5.74) is 2.51. The van der Waals surface area contributed by atoms with E-state index < -0.39 is 0 Å². The third-order valence-electron chi connectivity index (χ3n) is 4.34. The molecule has 1 aliphatic heterocycles. The SMILES string of the molecule is Cc1c(C(=O)NCCc2ccccc2)nnn1C1CCNCC1. The number of carbonyl (C=O) groups excluding carboxylic acids is 1. The van der Waals surface area contributed by atoms with Crippen LogP contribution < -0.4 is 10.6 Å². The Morgan fingerprint density at radius 1 is 1.30 bits per heavy atom. The van der Waals surface area contributed by atoms with Crippen LogP contribution in [-0.2, 0) is 6.42 Å². The van der Waals surface area contributed by atoms with Gasteiger partial charge in [0.15, 0.2) is 5.69 Å². The molecule has 1 fully saturated rings. The van der Waals surface area contributed by atoms with E-state index in [-0.39, 0.29) is 5.91 Å². The summed E-state index contributed by atoms with van der Waals surface area (Å²) in [4.78, 5) is 12.3. The molecule has 2 heterocycles. The van der Waals surface area contributed by atoms with Crippen molar-refractivity contribution in [2.24, 2.45) is 0 Å². The quantitative estimate of drug-likeness (QED) is 0.877. The van der Waals surface area contributed by atoms with Gasteiger partial charge in [0.1, 0.15) is 0 Å². The summed E-state index contributed by atoms with van der Waals surface area (Å²) in [6, 6.07) is 10.5. The lowest BCUT2D eigenvalue weighted by Crippen LogP contribution is -2.30. The van der Waals surface area contributed by atoms with Gasteiger partial charge < -0.3 is 10.6 Å². The van der Waals surface area contributed by atoms with Gasteiger partial charge in [0.05, 0.1) is 11.7 Å². The molecule has 1 aromatic heterocycles. The van der Waals surface area contributed by atoms with Crippen LogP contribution in [0.25, 0.3) is 0 Å². The van der Waals surface area contributed by atoms with Gasteiger partial charge in [-0.1, -0.05) is 35.5 Å². The highest BCUT2D eigenvalue weighted by molar-refractivity contribution is 5.93. The van der Waals surface area contributed by atoms with Crippen molar-refractivity contribution in [2.45, 2.75) is 32.2 Å². The van der Waals surface area contributed by atoms with Crippen molar-refractivity contribution in [1.29, 1.82) is 0 Å². The molecule has 122 valence electrons. The van der Waals surface area contributed by atoms with Crippen molar-refractivity contribution in [3.63, 3.8) is 0 Å². The van der Waals surface area contributed by atoms with Crippen LogP contribution in [0.5, 0.6) is 0 Å². The first-order valence-electron chi connectivity index (χ1n) is 8.20. The van der Waals surface area contributed by atoms with Crippen molar-refractivity contribution in [3.05, 3.63) is 47.3 Å². The molecule has 1 aromatic carbocycles. The first-order valence-corrected chi connectivity index (χ1v) is 8.20. The van der Waals surface area contributed by atoms with E-state index in [2.05, 4.69) is 33.1 Å². The topological polar surface area (TPSA) is 71.8 Å². The highest BCUT2D eigenvalue weighted by atomic mass is 16.2. The number of carbonyl (C=O) groups is 1. The van der Waals surface area contributed by atoms with E-state index in [0.29, 0.717) is 18.3 Å². The molecule has 0 unspecified atom stereocenters. The molecule has 0 saturated carbocycles. The highest BCUT2D eigenvalue weighted by Crippen LogP contribution is 2.20. The third-order valence-corrected chi connectivity index (χ3v) is 4.34. The van der Waals surface area contributed by atoms with Gasteiger partial charge in [-0.05, 0) is 44.8 Å². The molecule has 23 heavy (non-hydrogen) atoms. The Labute approximate surface area is 136 Å².